The standard InChI is InChI=1S/C26H36N4O2/c1-4-5-12-30-24(31)23(15-19(2)3)28-25(32)26(30)10-13-29(14-11-26)18-20-16-21-8-6-7-9-22(21)27-17-20/h6-9,16-17,19,23H,4-5,10-15,18H2,1-3H3,(H,28,32). The first kappa shape index (κ1) is 22.7. The van der Waals surface area contributed by atoms with Crippen LogP contribution in [-0.2, 0) is 16.1 Å². The average Bonchev–Trinajstić information content (AvgIpc) is 2.78. The molecule has 1 N–H and O–H groups in total. The number of rotatable bonds is 7. The summed E-state index contributed by atoms with van der Waals surface area (Å²) < 4.78 is 0. The molecular weight excluding hydrogens is 400 g/mol. The molecule has 2 saturated heterocycles. The monoisotopic (exact) mass is 436 g/mol. The van der Waals surface area contributed by atoms with Crippen LogP contribution in [0.3, 0.4) is 0 Å². The maximum absolute atomic E-state index is 13.4. The summed E-state index contributed by atoms with van der Waals surface area (Å²) in [5, 5.41) is 4.24. The lowest BCUT2D eigenvalue weighted by Crippen LogP contribution is -2.73. The predicted octanol–water partition coefficient (Wildman–Crippen LogP) is 3.74. The van der Waals surface area contributed by atoms with Gasteiger partial charge in [0.15, 0.2) is 0 Å². The van der Waals surface area contributed by atoms with Gasteiger partial charge >= 0.3 is 0 Å². The lowest BCUT2D eigenvalue weighted by molar-refractivity contribution is -0.161. The summed E-state index contributed by atoms with van der Waals surface area (Å²) in [5.41, 5.74) is 1.50. The molecule has 0 aliphatic carbocycles. The molecule has 2 aliphatic rings. The highest BCUT2D eigenvalue weighted by atomic mass is 16.2. The number of unbranched alkanes of at least 4 members (excludes halogenated alkanes) is 1. The number of aromatic nitrogens is 1. The summed E-state index contributed by atoms with van der Waals surface area (Å²) in [6, 6.07) is 9.98. The molecule has 2 fully saturated rings. The smallest absolute Gasteiger partial charge is 0.246 e. The number of hydrogen-bond acceptors (Lipinski definition) is 4. The zero-order valence-corrected chi connectivity index (χ0v) is 19.6. The minimum Gasteiger partial charge on any atom is -0.342 e. The van der Waals surface area contributed by atoms with Gasteiger partial charge in [-0.25, -0.2) is 0 Å². The van der Waals surface area contributed by atoms with E-state index in [0.717, 1.165) is 43.4 Å². The van der Waals surface area contributed by atoms with Crippen LogP contribution in [0.15, 0.2) is 36.5 Å². The number of piperidine rings is 1. The van der Waals surface area contributed by atoms with Gasteiger partial charge in [-0.05, 0) is 49.3 Å². The largest absolute Gasteiger partial charge is 0.342 e. The summed E-state index contributed by atoms with van der Waals surface area (Å²) in [6.45, 7) is 9.41. The first-order chi connectivity index (χ1) is 15.4. The second-order valence-corrected chi connectivity index (χ2v) is 9.84. The predicted molar refractivity (Wildman–Crippen MR) is 127 cm³/mol. The van der Waals surface area contributed by atoms with Crippen LogP contribution in [0.25, 0.3) is 10.9 Å². The van der Waals surface area contributed by atoms with Gasteiger partial charge in [0.2, 0.25) is 11.8 Å². The van der Waals surface area contributed by atoms with Crippen molar-refractivity contribution < 1.29 is 9.59 Å². The maximum Gasteiger partial charge on any atom is 0.246 e. The van der Waals surface area contributed by atoms with Crippen molar-refractivity contribution in [1.29, 1.82) is 0 Å². The van der Waals surface area contributed by atoms with Crippen molar-refractivity contribution in [3.63, 3.8) is 0 Å². The molecule has 2 aliphatic heterocycles. The van der Waals surface area contributed by atoms with Crippen molar-refractivity contribution in [3.8, 4) is 0 Å². The summed E-state index contributed by atoms with van der Waals surface area (Å²) >= 11 is 0. The highest BCUT2D eigenvalue weighted by Gasteiger charge is 2.53. The molecule has 2 aromatic rings. The molecular formula is C26H36N4O2. The lowest BCUT2D eigenvalue weighted by Gasteiger charge is -2.52. The molecule has 0 radical (unpaired) electrons. The molecule has 2 amide bonds. The summed E-state index contributed by atoms with van der Waals surface area (Å²) in [7, 11) is 0. The fraction of sp³-hybridized carbons (Fsp3) is 0.577. The first-order valence-electron chi connectivity index (χ1n) is 12.1. The molecule has 1 spiro atoms. The van der Waals surface area contributed by atoms with Gasteiger partial charge in [0.25, 0.3) is 0 Å². The molecule has 1 atom stereocenters. The third kappa shape index (κ3) is 4.51. The number of nitrogens with one attached hydrogen (secondary N) is 1. The number of nitrogens with zero attached hydrogens (tertiary/aromatic N) is 3. The van der Waals surface area contributed by atoms with E-state index in [2.05, 4.69) is 48.1 Å². The van der Waals surface area contributed by atoms with Crippen LogP contribution in [0, 0.1) is 5.92 Å². The number of piperazine rings is 1. The highest BCUT2D eigenvalue weighted by molar-refractivity contribution is 6.00. The van der Waals surface area contributed by atoms with Crippen molar-refractivity contribution in [3.05, 3.63) is 42.1 Å². The Bertz CT molecular complexity index is 965. The number of pyridine rings is 1. The van der Waals surface area contributed by atoms with Crippen LogP contribution in [0.5, 0.6) is 0 Å². The summed E-state index contributed by atoms with van der Waals surface area (Å²) in [4.78, 5) is 35.6. The van der Waals surface area contributed by atoms with Crippen molar-refractivity contribution in [1.82, 2.24) is 20.1 Å². The number of amides is 2. The van der Waals surface area contributed by atoms with Crippen LogP contribution in [0.4, 0.5) is 0 Å². The van der Waals surface area contributed by atoms with Gasteiger partial charge in [0.1, 0.15) is 11.6 Å². The number of carbonyl (C=O) groups is 2. The zero-order valence-electron chi connectivity index (χ0n) is 19.6. The number of carbonyl (C=O) groups excluding carboxylic acids is 2. The first-order valence-corrected chi connectivity index (χ1v) is 12.1. The molecule has 6 nitrogen and oxygen atoms in total. The third-order valence-electron chi connectivity index (χ3n) is 6.99. The van der Waals surface area contributed by atoms with E-state index in [9.17, 15) is 9.59 Å². The fourth-order valence-corrected chi connectivity index (χ4v) is 5.19. The number of para-hydroxylation sites is 1. The minimum absolute atomic E-state index is 0.0471. The van der Waals surface area contributed by atoms with Crippen LogP contribution in [0.1, 0.15) is 58.4 Å². The Hall–Kier alpha value is -2.47. The molecule has 32 heavy (non-hydrogen) atoms. The molecule has 4 rings (SSSR count). The molecule has 6 heteroatoms. The highest BCUT2D eigenvalue weighted by Crippen LogP contribution is 2.34. The van der Waals surface area contributed by atoms with Crippen molar-refractivity contribution in [2.75, 3.05) is 19.6 Å². The van der Waals surface area contributed by atoms with E-state index in [1.807, 2.05) is 29.3 Å². The number of hydrogen-bond donors (Lipinski definition) is 1. The minimum atomic E-state index is -0.697. The fourth-order valence-electron chi connectivity index (χ4n) is 5.19. The quantitative estimate of drug-likeness (QED) is 0.718. The number of benzene rings is 1. The average molecular weight is 437 g/mol. The Morgan fingerprint density at radius 2 is 1.94 bits per heavy atom. The Morgan fingerprint density at radius 3 is 2.66 bits per heavy atom. The van der Waals surface area contributed by atoms with E-state index in [1.54, 1.807) is 0 Å². The van der Waals surface area contributed by atoms with Gasteiger partial charge < -0.3 is 10.2 Å². The van der Waals surface area contributed by atoms with Gasteiger partial charge in [-0.3, -0.25) is 19.5 Å². The van der Waals surface area contributed by atoms with E-state index < -0.39 is 5.54 Å². The Labute approximate surface area is 191 Å². The Morgan fingerprint density at radius 1 is 1.19 bits per heavy atom. The molecule has 1 aromatic heterocycles. The normalized spacial score (nSPS) is 21.5. The van der Waals surface area contributed by atoms with Crippen molar-refractivity contribution in [2.24, 2.45) is 5.92 Å². The van der Waals surface area contributed by atoms with Crippen LogP contribution in [0.2, 0.25) is 0 Å². The van der Waals surface area contributed by atoms with Crippen molar-refractivity contribution >= 4 is 22.7 Å². The molecule has 172 valence electrons. The molecule has 0 saturated carbocycles. The Kier molecular flexibility index (Phi) is 6.79. The molecule has 0 bridgehead atoms. The summed E-state index contributed by atoms with van der Waals surface area (Å²) in [6.07, 6.45) is 5.96. The van der Waals surface area contributed by atoms with Gasteiger partial charge in [-0.2, -0.15) is 0 Å². The van der Waals surface area contributed by atoms with E-state index in [4.69, 9.17) is 0 Å². The molecule has 1 unspecified atom stereocenters. The van der Waals surface area contributed by atoms with Crippen LogP contribution in [-0.4, -0.2) is 57.8 Å². The van der Waals surface area contributed by atoms with Gasteiger partial charge in [-0.1, -0.05) is 45.4 Å². The van der Waals surface area contributed by atoms with E-state index in [0.29, 0.717) is 31.7 Å². The van der Waals surface area contributed by atoms with E-state index >= 15 is 0 Å². The number of fused-ring (bicyclic) bond motifs is 1. The van der Waals surface area contributed by atoms with Crippen LogP contribution >= 0.6 is 0 Å². The van der Waals surface area contributed by atoms with Gasteiger partial charge in [0.05, 0.1) is 5.52 Å². The zero-order chi connectivity index (χ0) is 22.7. The summed E-state index contributed by atoms with van der Waals surface area (Å²) in [5.74, 6) is 0.522. The topological polar surface area (TPSA) is 65.5 Å². The SMILES string of the molecule is CCCCN1C(=O)C(CC(C)C)NC(=O)C12CCN(Cc1cnc3ccccc3c1)CC2. The lowest BCUT2D eigenvalue weighted by atomic mass is 9.80. The maximum atomic E-state index is 13.4. The van der Waals surface area contributed by atoms with Crippen LogP contribution < -0.4 is 5.32 Å². The van der Waals surface area contributed by atoms with E-state index in [-0.39, 0.29) is 17.9 Å². The number of likely N-dealkylation sites (tertiary alicyclic amines) is 1. The van der Waals surface area contributed by atoms with Gasteiger partial charge in [-0.15, -0.1) is 0 Å². The van der Waals surface area contributed by atoms with E-state index in [1.165, 1.54) is 5.56 Å². The second kappa shape index (κ2) is 9.57. The third-order valence-corrected chi connectivity index (χ3v) is 6.99. The molecule has 1 aromatic carbocycles. The second-order valence-electron chi connectivity index (χ2n) is 9.84. The molecule has 3 heterocycles. The van der Waals surface area contributed by atoms with Crippen molar-refractivity contribution in [2.45, 2.75) is 71.0 Å². The van der Waals surface area contributed by atoms with Gasteiger partial charge in [0, 0.05) is 37.8 Å². The Balaban J connectivity index is 1.47.